The zero-order chi connectivity index (χ0) is 14.8. The lowest BCUT2D eigenvalue weighted by Crippen LogP contribution is -2.39. The van der Waals surface area contributed by atoms with E-state index in [1.807, 2.05) is 38.1 Å². The third-order valence-corrected chi connectivity index (χ3v) is 2.68. The van der Waals surface area contributed by atoms with E-state index < -0.39 is 0 Å². The van der Waals surface area contributed by atoms with Crippen LogP contribution in [0.5, 0.6) is 5.75 Å². The molecule has 6 heteroatoms. The summed E-state index contributed by atoms with van der Waals surface area (Å²) >= 11 is 0. The highest BCUT2D eigenvalue weighted by atomic mass is 35.5. The molecule has 0 fully saturated rings. The van der Waals surface area contributed by atoms with Gasteiger partial charge in [0.1, 0.15) is 11.9 Å². The number of hydrogen-bond acceptors (Lipinski definition) is 4. The van der Waals surface area contributed by atoms with Gasteiger partial charge in [0, 0.05) is 13.7 Å². The maximum atomic E-state index is 11.5. The van der Waals surface area contributed by atoms with Gasteiger partial charge in [-0.15, -0.1) is 12.4 Å². The Morgan fingerprint density at radius 1 is 1.38 bits per heavy atom. The number of rotatable bonds is 9. The Morgan fingerprint density at radius 3 is 2.81 bits per heavy atom. The highest BCUT2D eigenvalue weighted by Crippen LogP contribution is 2.13. The van der Waals surface area contributed by atoms with Crippen molar-refractivity contribution in [2.45, 2.75) is 20.0 Å². The van der Waals surface area contributed by atoms with E-state index >= 15 is 0 Å². The number of hydrogen-bond donors (Lipinski definition) is 2. The van der Waals surface area contributed by atoms with E-state index in [-0.39, 0.29) is 24.4 Å². The maximum absolute atomic E-state index is 11.5. The molecule has 0 bridgehead atoms. The summed E-state index contributed by atoms with van der Waals surface area (Å²) in [4.78, 5) is 11.5. The fraction of sp³-hybridized carbons (Fsp3) is 0.533. The van der Waals surface area contributed by atoms with Crippen LogP contribution >= 0.6 is 12.4 Å². The molecule has 0 aliphatic rings. The summed E-state index contributed by atoms with van der Waals surface area (Å²) in [5, 5.41) is 5.82. The molecular weight excluding hydrogens is 292 g/mol. The van der Waals surface area contributed by atoms with Crippen molar-refractivity contribution in [1.82, 2.24) is 10.6 Å². The van der Waals surface area contributed by atoms with Crippen molar-refractivity contribution in [2.75, 3.05) is 33.4 Å². The quantitative estimate of drug-likeness (QED) is 0.678. The Labute approximate surface area is 132 Å². The van der Waals surface area contributed by atoms with Gasteiger partial charge >= 0.3 is 0 Å². The third kappa shape index (κ3) is 9.28. The lowest BCUT2D eigenvalue weighted by Gasteiger charge is -2.16. The van der Waals surface area contributed by atoms with E-state index in [2.05, 4.69) is 10.6 Å². The summed E-state index contributed by atoms with van der Waals surface area (Å²) in [6.45, 7) is 5.99. The molecule has 1 amide bonds. The Balaban J connectivity index is 0.00000400. The second-order valence-electron chi connectivity index (χ2n) is 4.72. The van der Waals surface area contributed by atoms with Crippen LogP contribution in [0.15, 0.2) is 24.3 Å². The minimum Gasteiger partial charge on any atom is -0.489 e. The van der Waals surface area contributed by atoms with Gasteiger partial charge in [-0.3, -0.25) is 4.79 Å². The monoisotopic (exact) mass is 316 g/mol. The number of nitrogens with one attached hydrogen (secondary N) is 2. The summed E-state index contributed by atoms with van der Waals surface area (Å²) < 4.78 is 10.6. The lowest BCUT2D eigenvalue weighted by atomic mass is 10.2. The SMILES string of the molecule is COCCNCC(=O)NCC(C)Oc1cccc(C)c1.Cl. The van der Waals surface area contributed by atoms with Crippen LogP contribution in [0.4, 0.5) is 0 Å². The highest BCUT2D eigenvalue weighted by Gasteiger charge is 2.06. The molecule has 5 nitrogen and oxygen atoms in total. The van der Waals surface area contributed by atoms with Gasteiger partial charge < -0.3 is 20.1 Å². The fourth-order valence-corrected chi connectivity index (χ4v) is 1.66. The molecule has 1 aromatic rings. The second-order valence-corrected chi connectivity index (χ2v) is 4.72. The first-order valence-electron chi connectivity index (χ1n) is 6.81. The van der Waals surface area contributed by atoms with Gasteiger partial charge in [0.25, 0.3) is 0 Å². The summed E-state index contributed by atoms with van der Waals surface area (Å²) in [5.41, 5.74) is 1.15. The first kappa shape index (κ1) is 19.7. The van der Waals surface area contributed by atoms with E-state index in [1.54, 1.807) is 7.11 Å². The van der Waals surface area contributed by atoms with Crippen molar-refractivity contribution in [1.29, 1.82) is 0 Å². The molecular formula is C15H25ClN2O3. The van der Waals surface area contributed by atoms with Crippen LogP contribution in [-0.4, -0.2) is 45.4 Å². The molecule has 1 atom stereocenters. The Kier molecular flexibility index (Phi) is 10.7. The first-order valence-corrected chi connectivity index (χ1v) is 6.81. The predicted octanol–water partition coefficient (Wildman–Crippen LogP) is 1.54. The Bertz CT molecular complexity index is 416. The third-order valence-electron chi connectivity index (χ3n) is 2.68. The topological polar surface area (TPSA) is 59.6 Å². The van der Waals surface area contributed by atoms with Crippen LogP contribution in [0, 0.1) is 6.92 Å². The van der Waals surface area contributed by atoms with Gasteiger partial charge in [0.2, 0.25) is 5.91 Å². The summed E-state index contributed by atoms with van der Waals surface area (Å²) in [7, 11) is 1.63. The molecule has 1 rings (SSSR count). The molecule has 1 aromatic carbocycles. The van der Waals surface area contributed by atoms with Crippen molar-refractivity contribution in [3.8, 4) is 5.75 Å². The molecule has 0 saturated heterocycles. The molecule has 0 saturated carbocycles. The predicted molar refractivity (Wildman–Crippen MR) is 86.3 cm³/mol. The molecule has 2 N–H and O–H groups in total. The lowest BCUT2D eigenvalue weighted by molar-refractivity contribution is -0.120. The van der Waals surface area contributed by atoms with Crippen molar-refractivity contribution in [3.63, 3.8) is 0 Å². The molecule has 0 heterocycles. The van der Waals surface area contributed by atoms with E-state index in [9.17, 15) is 4.79 Å². The van der Waals surface area contributed by atoms with Gasteiger partial charge in [-0.05, 0) is 31.5 Å². The number of halogens is 1. The number of carbonyl (C=O) groups is 1. The fourth-order valence-electron chi connectivity index (χ4n) is 1.66. The Hall–Kier alpha value is -1.30. The van der Waals surface area contributed by atoms with Gasteiger partial charge in [0.05, 0.1) is 19.7 Å². The van der Waals surface area contributed by atoms with Crippen LogP contribution in [0.2, 0.25) is 0 Å². The van der Waals surface area contributed by atoms with Crippen molar-refractivity contribution >= 4 is 18.3 Å². The average Bonchev–Trinajstić information content (AvgIpc) is 2.41. The van der Waals surface area contributed by atoms with Crippen LogP contribution in [0.3, 0.4) is 0 Å². The number of carbonyl (C=O) groups excluding carboxylic acids is 1. The van der Waals surface area contributed by atoms with Gasteiger partial charge in [-0.1, -0.05) is 12.1 Å². The largest absolute Gasteiger partial charge is 0.489 e. The standard InChI is InChI=1S/C15H24N2O3.ClH/c1-12-5-4-6-14(9-12)20-13(2)10-17-15(18)11-16-7-8-19-3;/h4-6,9,13,16H,7-8,10-11H2,1-3H3,(H,17,18);1H. The van der Waals surface area contributed by atoms with E-state index in [0.29, 0.717) is 26.2 Å². The molecule has 0 aliphatic heterocycles. The Morgan fingerprint density at radius 2 is 2.14 bits per heavy atom. The number of aryl methyl sites for hydroxylation is 1. The number of methoxy groups -OCH3 is 1. The molecule has 0 spiro atoms. The van der Waals surface area contributed by atoms with Crippen molar-refractivity contribution in [3.05, 3.63) is 29.8 Å². The van der Waals surface area contributed by atoms with E-state index in [0.717, 1.165) is 11.3 Å². The summed E-state index contributed by atoms with van der Waals surface area (Å²) in [6, 6.07) is 7.86. The minimum atomic E-state index is -0.0697. The zero-order valence-corrected chi connectivity index (χ0v) is 13.7. The van der Waals surface area contributed by atoms with Gasteiger partial charge in [0.15, 0.2) is 0 Å². The van der Waals surface area contributed by atoms with Crippen LogP contribution < -0.4 is 15.4 Å². The first-order chi connectivity index (χ1) is 9.61. The van der Waals surface area contributed by atoms with Crippen molar-refractivity contribution in [2.24, 2.45) is 0 Å². The molecule has 120 valence electrons. The number of benzene rings is 1. The number of ether oxygens (including phenoxy) is 2. The molecule has 0 aromatic heterocycles. The molecule has 21 heavy (non-hydrogen) atoms. The van der Waals surface area contributed by atoms with Crippen molar-refractivity contribution < 1.29 is 14.3 Å². The van der Waals surface area contributed by atoms with E-state index in [1.165, 1.54) is 0 Å². The summed E-state index contributed by atoms with van der Waals surface area (Å²) in [6.07, 6.45) is -0.0697. The van der Waals surface area contributed by atoms with Crippen LogP contribution in [-0.2, 0) is 9.53 Å². The van der Waals surface area contributed by atoms with E-state index in [4.69, 9.17) is 9.47 Å². The van der Waals surface area contributed by atoms with Crippen LogP contribution in [0.25, 0.3) is 0 Å². The van der Waals surface area contributed by atoms with Crippen LogP contribution in [0.1, 0.15) is 12.5 Å². The minimum absolute atomic E-state index is 0. The molecule has 1 unspecified atom stereocenters. The molecule has 0 radical (unpaired) electrons. The average molecular weight is 317 g/mol. The zero-order valence-electron chi connectivity index (χ0n) is 12.8. The summed E-state index contributed by atoms with van der Waals surface area (Å²) in [5.74, 6) is 0.783. The highest BCUT2D eigenvalue weighted by molar-refractivity contribution is 5.85. The molecule has 0 aliphatic carbocycles. The number of amides is 1. The normalized spacial score (nSPS) is 11.4. The second kappa shape index (κ2) is 11.4. The maximum Gasteiger partial charge on any atom is 0.234 e. The van der Waals surface area contributed by atoms with Gasteiger partial charge in [-0.2, -0.15) is 0 Å². The van der Waals surface area contributed by atoms with Gasteiger partial charge in [-0.25, -0.2) is 0 Å². The smallest absolute Gasteiger partial charge is 0.234 e.